The van der Waals surface area contributed by atoms with E-state index in [4.69, 9.17) is 26.8 Å². The van der Waals surface area contributed by atoms with Crippen molar-refractivity contribution in [3.8, 4) is 5.75 Å². The molecule has 1 saturated carbocycles. The van der Waals surface area contributed by atoms with Crippen LogP contribution in [0.25, 0.3) is 0 Å². The predicted octanol–water partition coefficient (Wildman–Crippen LogP) is 1.91. The van der Waals surface area contributed by atoms with Gasteiger partial charge in [0, 0.05) is 12.1 Å². The van der Waals surface area contributed by atoms with Crippen LogP contribution in [0.3, 0.4) is 0 Å². The van der Waals surface area contributed by atoms with Crippen LogP contribution in [0.1, 0.15) is 12.8 Å². The van der Waals surface area contributed by atoms with Gasteiger partial charge in [-0.05, 0) is 24.8 Å². The molecule has 0 bridgehead atoms. The van der Waals surface area contributed by atoms with Crippen LogP contribution in [0.2, 0.25) is 5.02 Å². The van der Waals surface area contributed by atoms with Crippen molar-refractivity contribution in [3.63, 3.8) is 0 Å². The van der Waals surface area contributed by atoms with E-state index in [0.717, 1.165) is 12.8 Å². The summed E-state index contributed by atoms with van der Waals surface area (Å²) in [5, 5.41) is 10.6. The SMILES string of the molecule is COC(=O)C(N)(COc1ccc([N+](=O)[O-])c(Cl)c1)C1CC1. The van der Waals surface area contributed by atoms with Gasteiger partial charge in [-0.3, -0.25) is 10.1 Å². The summed E-state index contributed by atoms with van der Waals surface area (Å²) in [5.41, 5.74) is 4.67. The van der Waals surface area contributed by atoms with Gasteiger partial charge >= 0.3 is 5.97 Å². The number of nitrogens with two attached hydrogens (primary N) is 1. The fourth-order valence-corrected chi connectivity index (χ4v) is 2.30. The molecule has 8 heteroatoms. The smallest absolute Gasteiger partial charge is 0.329 e. The molecule has 114 valence electrons. The fourth-order valence-electron chi connectivity index (χ4n) is 2.06. The van der Waals surface area contributed by atoms with Crippen LogP contribution in [-0.4, -0.2) is 30.1 Å². The third-order valence-corrected chi connectivity index (χ3v) is 3.77. The first-order valence-electron chi connectivity index (χ1n) is 6.32. The van der Waals surface area contributed by atoms with Crippen molar-refractivity contribution in [2.24, 2.45) is 11.7 Å². The van der Waals surface area contributed by atoms with Crippen LogP contribution in [-0.2, 0) is 9.53 Å². The van der Waals surface area contributed by atoms with Crippen molar-refractivity contribution in [2.45, 2.75) is 18.4 Å². The quantitative estimate of drug-likeness (QED) is 0.488. The highest BCUT2D eigenvalue weighted by Gasteiger charge is 2.49. The number of ether oxygens (including phenoxy) is 2. The number of carbonyl (C=O) groups excluding carboxylic acids is 1. The molecule has 7 nitrogen and oxygen atoms in total. The Balaban J connectivity index is 2.09. The number of esters is 1. The van der Waals surface area contributed by atoms with E-state index in [2.05, 4.69) is 0 Å². The number of carbonyl (C=O) groups is 1. The van der Waals surface area contributed by atoms with E-state index in [0.29, 0.717) is 5.75 Å². The van der Waals surface area contributed by atoms with Crippen LogP contribution in [0.4, 0.5) is 5.69 Å². The van der Waals surface area contributed by atoms with E-state index < -0.39 is 16.4 Å². The number of halogens is 1. The molecule has 0 spiro atoms. The molecule has 1 unspecified atom stereocenters. The summed E-state index contributed by atoms with van der Waals surface area (Å²) < 4.78 is 10.2. The lowest BCUT2D eigenvalue weighted by atomic mass is 9.96. The average Bonchev–Trinajstić information content (AvgIpc) is 3.28. The Morgan fingerprint density at radius 2 is 2.24 bits per heavy atom. The van der Waals surface area contributed by atoms with Crippen LogP contribution >= 0.6 is 11.6 Å². The molecule has 0 saturated heterocycles. The second-order valence-electron chi connectivity index (χ2n) is 4.97. The minimum atomic E-state index is -1.21. The summed E-state index contributed by atoms with van der Waals surface area (Å²) in [4.78, 5) is 21.9. The number of nitro groups is 1. The highest BCUT2D eigenvalue weighted by atomic mass is 35.5. The number of benzene rings is 1. The molecular weight excluding hydrogens is 300 g/mol. The molecule has 21 heavy (non-hydrogen) atoms. The summed E-state index contributed by atoms with van der Waals surface area (Å²) in [5.74, 6) is -0.193. The lowest BCUT2D eigenvalue weighted by molar-refractivity contribution is -0.384. The molecule has 0 aromatic heterocycles. The zero-order valence-electron chi connectivity index (χ0n) is 11.4. The monoisotopic (exact) mass is 314 g/mol. The van der Waals surface area contributed by atoms with Crippen molar-refractivity contribution in [1.29, 1.82) is 0 Å². The normalized spacial score (nSPS) is 16.9. The lowest BCUT2D eigenvalue weighted by Gasteiger charge is -2.26. The molecule has 2 rings (SSSR count). The number of rotatable bonds is 6. The Hall–Kier alpha value is -1.86. The highest BCUT2D eigenvalue weighted by molar-refractivity contribution is 6.32. The summed E-state index contributed by atoms with van der Waals surface area (Å²) in [6.45, 7) is -0.0710. The van der Waals surface area contributed by atoms with Gasteiger partial charge in [0.2, 0.25) is 0 Å². The van der Waals surface area contributed by atoms with Crippen LogP contribution in [0.15, 0.2) is 18.2 Å². The van der Waals surface area contributed by atoms with E-state index in [9.17, 15) is 14.9 Å². The van der Waals surface area contributed by atoms with Crippen molar-refractivity contribution >= 4 is 23.3 Å². The second-order valence-corrected chi connectivity index (χ2v) is 5.37. The Bertz CT molecular complexity index is 576. The zero-order chi connectivity index (χ0) is 15.6. The molecular formula is C13H15ClN2O5. The van der Waals surface area contributed by atoms with E-state index in [-0.39, 0.29) is 23.2 Å². The van der Waals surface area contributed by atoms with Gasteiger partial charge in [-0.15, -0.1) is 0 Å². The minimum Gasteiger partial charge on any atom is -0.491 e. The molecule has 2 N–H and O–H groups in total. The number of methoxy groups -OCH3 is 1. The largest absolute Gasteiger partial charge is 0.491 e. The second kappa shape index (κ2) is 5.87. The fraction of sp³-hybridized carbons (Fsp3) is 0.462. The minimum absolute atomic E-state index is 0.0264. The molecule has 1 atom stereocenters. The highest BCUT2D eigenvalue weighted by Crippen LogP contribution is 2.39. The summed E-state index contributed by atoms with van der Waals surface area (Å²) >= 11 is 5.79. The van der Waals surface area contributed by atoms with Gasteiger partial charge in [0.15, 0.2) is 5.54 Å². The zero-order valence-corrected chi connectivity index (χ0v) is 12.1. The first kappa shape index (κ1) is 15.5. The van der Waals surface area contributed by atoms with Gasteiger partial charge in [0.1, 0.15) is 17.4 Å². The van der Waals surface area contributed by atoms with Gasteiger partial charge in [-0.1, -0.05) is 11.6 Å². The Morgan fingerprint density at radius 1 is 1.57 bits per heavy atom. The van der Waals surface area contributed by atoms with Crippen molar-refractivity contribution < 1.29 is 19.2 Å². The van der Waals surface area contributed by atoms with E-state index in [1.54, 1.807) is 0 Å². The molecule has 1 fully saturated rings. The van der Waals surface area contributed by atoms with E-state index in [1.165, 1.54) is 25.3 Å². The standard InChI is InChI=1S/C13H15ClN2O5/c1-20-12(17)13(15,8-2-3-8)7-21-9-4-5-11(16(18)19)10(14)6-9/h4-6,8H,2-3,7,15H2,1H3. The molecule has 0 radical (unpaired) electrons. The van der Waals surface area contributed by atoms with Gasteiger partial charge in [-0.25, -0.2) is 4.79 Å². The number of hydrogen-bond acceptors (Lipinski definition) is 6. The maximum absolute atomic E-state index is 11.8. The maximum Gasteiger partial charge on any atom is 0.329 e. The molecule has 1 aromatic carbocycles. The summed E-state index contributed by atoms with van der Waals surface area (Å²) in [6.07, 6.45) is 1.69. The first-order chi connectivity index (χ1) is 9.88. The molecule has 0 amide bonds. The first-order valence-corrected chi connectivity index (χ1v) is 6.70. The molecule has 1 aliphatic rings. The average molecular weight is 315 g/mol. The van der Waals surface area contributed by atoms with Gasteiger partial charge in [0.05, 0.1) is 12.0 Å². The molecule has 1 aliphatic carbocycles. The molecule has 0 heterocycles. The van der Waals surface area contributed by atoms with Crippen molar-refractivity contribution in [2.75, 3.05) is 13.7 Å². The third kappa shape index (κ3) is 3.25. The van der Waals surface area contributed by atoms with Gasteiger partial charge in [0.25, 0.3) is 5.69 Å². The van der Waals surface area contributed by atoms with Crippen molar-refractivity contribution in [1.82, 2.24) is 0 Å². The van der Waals surface area contributed by atoms with Crippen LogP contribution in [0.5, 0.6) is 5.75 Å². The topological polar surface area (TPSA) is 105 Å². The Kier molecular flexibility index (Phi) is 4.34. The molecule has 0 aliphatic heterocycles. The maximum atomic E-state index is 11.8. The van der Waals surface area contributed by atoms with Gasteiger partial charge in [-0.2, -0.15) is 0 Å². The number of nitrogens with zero attached hydrogens (tertiary/aromatic N) is 1. The number of hydrogen-bond donors (Lipinski definition) is 1. The summed E-state index contributed by atoms with van der Waals surface area (Å²) in [7, 11) is 1.27. The Labute approximate surface area is 126 Å². The Morgan fingerprint density at radius 3 is 2.71 bits per heavy atom. The lowest BCUT2D eigenvalue weighted by Crippen LogP contribution is -2.55. The predicted molar refractivity (Wildman–Crippen MR) is 75.3 cm³/mol. The van der Waals surface area contributed by atoms with Gasteiger partial charge < -0.3 is 15.2 Å². The van der Waals surface area contributed by atoms with E-state index in [1.807, 2.05) is 0 Å². The van der Waals surface area contributed by atoms with E-state index >= 15 is 0 Å². The summed E-state index contributed by atoms with van der Waals surface area (Å²) in [6, 6.07) is 3.98. The van der Waals surface area contributed by atoms with Crippen LogP contribution in [0, 0.1) is 16.0 Å². The third-order valence-electron chi connectivity index (χ3n) is 3.46. The number of nitro benzene ring substituents is 1. The van der Waals surface area contributed by atoms with Crippen molar-refractivity contribution in [3.05, 3.63) is 33.3 Å². The van der Waals surface area contributed by atoms with Crippen LogP contribution < -0.4 is 10.5 Å². The molecule has 1 aromatic rings.